The van der Waals surface area contributed by atoms with Crippen LogP contribution in [0.2, 0.25) is 0 Å². The van der Waals surface area contributed by atoms with Gasteiger partial charge < -0.3 is 4.90 Å². The minimum absolute atomic E-state index is 0.0419. The molecule has 0 bridgehead atoms. The van der Waals surface area contributed by atoms with Gasteiger partial charge in [0, 0.05) is 12.6 Å². The first-order valence-electron chi connectivity index (χ1n) is 9.41. The van der Waals surface area contributed by atoms with Crippen molar-refractivity contribution in [3.05, 3.63) is 46.8 Å². The van der Waals surface area contributed by atoms with Gasteiger partial charge in [0.25, 0.3) is 0 Å². The second kappa shape index (κ2) is 8.08. The van der Waals surface area contributed by atoms with Crippen LogP contribution in [0.15, 0.2) is 24.4 Å². The lowest BCUT2D eigenvalue weighted by Gasteiger charge is -2.22. The maximum atomic E-state index is 12.5. The summed E-state index contributed by atoms with van der Waals surface area (Å²) in [5, 5.41) is 8.36. The van der Waals surface area contributed by atoms with Crippen molar-refractivity contribution < 1.29 is 8.42 Å². The van der Waals surface area contributed by atoms with Gasteiger partial charge in [-0.15, -0.1) is 5.10 Å². The molecule has 0 amide bonds. The van der Waals surface area contributed by atoms with E-state index in [1.54, 1.807) is 4.68 Å². The molecular formula is C19H29N5O2S. The van der Waals surface area contributed by atoms with E-state index in [0.717, 1.165) is 13.0 Å². The molecule has 1 saturated heterocycles. The van der Waals surface area contributed by atoms with Crippen LogP contribution < -0.4 is 0 Å². The van der Waals surface area contributed by atoms with Crippen LogP contribution in [0.3, 0.4) is 0 Å². The summed E-state index contributed by atoms with van der Waals surface area (Å²) in [6.45, 7) is 8.59. The fourth-order valence-corrected chi connectivity index (χ4v) is 5.52. The molecule has 0 radical (unpaired) electrons. The van der Waals surface area contributed by atoms with Crippen LogP contribution in [0, 0.1) is 13.8 Å². The van der Waals surface area contributed by atoms with Crippen LogP contribution in [-0.2, 0) is 23.1 Å². The Hall–Kier alpha value is -1.77. The zero-order valence-corrected chi connectivity index (χ0v) is 17.4. The number of aryl methyl sites for hydroxylation is 2. The minimum Gasteiger partial charge on any atom is -0.301 e. The molecule has 1 aromatic heterocycles. The highest BCUT2D eigenvalue weighted by Crippen LogP contribution is 2.20. The molecule has 1 aromatic carbocycles. The standard InChI is InChI=1S/C19H29N5O2S/c1-5-6-22(4)19-13-24(27(25,26)14-19)12-18-11-23(21-20-18)10-17-8-15(2)7-16(3)9-17/h7-9,11,19H,5-6,10,12-14H2,1-4H3. The molecule has 0 aliphatic carbocycles. The van der Waals surface area contributed by atoms with Gasteiger partial charge in [-0.25, -0.2) is 13.1 Å². The van der Waals surface area contributed by atoms with Gasteiger partial charge in [-0.1, -0.05) is 41.5 Å². The Labute approximate surface area is 162 Å². The van der Waals surface area contributed by atoms with Gasteiger partial charge >= 0.3 is 0 Å². The van der Waals surface area contributed by atoms with E-state index < -0.39 is 10.0 Å². The van der Waals surface area contributed by atoms with Gasteiger partial charge in [-0.3, -0.25) is 0 Å². The summed E-state index contributed by atoms with van der Waals surface area (Å²) in [5.41, 5.74) is 4.28. The normalized spacial score (nSPS) is 19.8. The second-order valence-corrected chi connectivity index (χ2v) is 9.62. The van der Waals surface area contributed by atoms with Gasteiger partial charge in [0.1, 0.15) is 0 Å². The molecule has 1 fully saturated rings. The molecule has 1 aliphatic rings. The lowest BCUT2D eigenvalue weighted by molar-refractivity contribution is 0.241. The third-order valence-corrected chi connectivity index (χ3v) is 6.83. The van der Waals surface area contributed by atoms with E-state index in [2.05, 4.69) is 54.2 Å². The number of rotatable bonds is 7. The maximum Gasteiger partial charge on any atom is 0.216 e. The van der Waals surface area contributed by atoms with Crippen LogP contribution in [-0.4, -0.2) is 64.5 Å². The summed E-state index contributed by atoms with van der Waals surface area (Å²) in [6.07, 6.45) is 2.86. The fraction of sp³-hybridized carbons (Fsp3) is 0.579. The highest BCUT2D eigenvalue weighted by molar-refractivity contribution is 7.89. The Balaban J connectivity index is 1.66. The highest BCUT2D eigenvalue weighted by Gasteiger charge is 2.38. The van der Waals surface area contributed by atoms with E-state index in [0.29, 0.717) is 18.8 Å². The zero-order chi connectivity index (χ0) is 19.6. The molecule has 1 atom stereocenters. The number of sulfonamides is 1. The van der Waals surface area contributed by atoms with Crippen LogP contribution in [0.4, 0.5) is 0 Å². The molecule has 2 aromatic rings. The Morgan fingerprint density at radius 3 is 2.56 bits per heavy atom. The average Bonchev–Trinajstić information content (AvgIpc) is 3.11. The Kier molecular flexibility index (Phi) is 5.98. The molecule has 148 valence electrons. The van der Waals surface area contributed by atoms with Crippen molar-refractivity contribution in [3.8, 4) is 0 Å². The zero-order valence-electron chi connectivity index (χ0n) is 16.6. The van der Waals surface area contributed by atoms with E-state index in [4.69, 9.17) is 0 Å². The number of benzene rings is 1. The first-order chi connectivity index (χ1) is 12.8. The highest BCUT2D eigenvalue weighted by atomic mass is 32.2. The van der Waals surface area contributed by atoms with E-state index in [9.17, 15) is 8.42 Å². The van der Waals surface area contributed by atoms with Crippen molar-refractivity contribution in [2.45, 2.75) is 46.3 Å². The van der Waals surface area contributed by atoms with Gasteiger partial charge in [-0.05, 0) is 39.4 Å². The second-order valence-electron chi connectivity index (χ2n) is 7.61. The summed E-state index contributed by atoms with van der Waals surface area (Å²) in [4.78, 5) is 2.13. The molecule has 0 spiro atoms. The van der Waals surface area contributed by atoms with Crippen molar-refractivity contribution in [3.63, 3.8) is 0 Å². The SMILES string of the molecule is CCCN(C)C1CN(Cc2cn(Cc3cc(C)cc(C)c3)nn2)S(=O)(=O)C1. The van der Waals surface area contributed by atoms with Crippen molar-refractivity contribution in [2.24, 2.45) is 0 Å². The average molecular weight is 392 g/mol. The molecule has 1 unspecified atom stereocenters. The molecule has 2 heterocycles. The molecule has 0 saturated carbocycles. The first-order valence-corrected chi connectivity index (χ1v) is 11.0. The van der Waals surface area contributed by atoms with Crippen LogP contribution >= 0.6 is 0 Å². The molecule has 8 heteroatoms. The Morgan fingerprint density at radius 2 is 1.89 bits per heavy atom. The molecule has 27 heavy (non-hydrogen) atoms. The third-order valence-electron chi connectivity index (χ3n) is 4.96. The lowest BCUT2D eigenvalue weighted by Crippen LogP contribution is -2.36. The first kappa shape index (κ1) is 20.0. The van der Waals surface area contributed by atoms with Crippen LogP contribution in [0.1, 0.15) is 35.7 Å². The maximum absolute atomic E-state index is 12.5. The van der Waals surface area contributed by atoms with E-state index in [-0.39, 0.29) is 18.3 Å². The largest absolute Gasteiger partial charge is 0.301 e. The van der Waals surface area contributed by atoms with E-state index in [1.807, 2.05) is 13.2 Å². The van der Waals surface area contributed by atoms with Gasteiger partial charge in [0.2, 0.25) is 10.0 Å². The van der Waals surface area contributed by atoms with Gasteiger partial charge in [-0.2, -0.15) is 4.31 Å². The molecule has 7 nitrogen and oxygen atoms in total. The Morgan fingerprint density at radius 1 is 1.19 bits per heavy atom. The molecule has 1 aliphatic heterocycles. The molecule has 0 N–H and O–H groups in total. The summed E-state index contributed by atoms with van der Waals surface area (Å²) in [5.74, 6) is 0.181. The fourth-order valence-electron chi connectivity index (χ4n) is 3.73. The molecule has 3 rings (SSSR count). The van der Waals surface area contributed by atoms with Gasteiger partial charge in [0.15, 0.2) is 0 Å². The summed E-state index contributed by atoms with van der Waals surface area (Å²) < 4.78 is 28.3. The summed E-state index contributed by atoms with van der Waals surface area (Å²) in [7, 11) is -1.25. The number of hydrogen-bond donors (Lipinski definition) is 0. The number of nitrogens with zero attached hydrogens (tertiary/aromatic N) is 5. The smallest absolute Gasteiger partial charge is 0.216 e. The lowest BCUT2D eigenvalue weighted by atomic mass is 10.1. The van der Waals surface area contributed by atoms with Crippen LogP contribution in [0.25, 0.3) is 0 Å². The Bertz CT molecular complexity index is 873. The number of aromatic nitrogens is 3. The predicted octanol–water partition coefficient (Wildman–Crippen LogP) is 1.80. The topological polar surface area (TPSA) is 71.3 Å². The quantitative estimate of drug-likeness (QED) is 0.720. The number of likely N-dealkylation sites (N-methyl/N-ethyl adjacent to an activating group) is 1. The van der Waals surface area contributed by atoms with Crippen molar-refractivity contribution in [2.75, 3.05) is 25.9 Å². The summed E-state index contributed by atoms with van der Waals surface area (Å²) >= 11 is 0. The van der Waals surface area contributed by atoms with Crippen molar-refractivity contribution >= 4 is 10.0 Å². The summed E-state index contributed by atoms with van der Waals surface area (Å²) in [6, 6.07) is 6.45. The monoisotopic (exact) mass is 391 g/mol. The van der Waals surface area contributed by atoms with Crippen LogP contribution in [0.5, 0.6) is 0 Å². The third kappa shape index (κ3) is 4.94. The van der Waals surface area contributed by atoms with Crippen molar-refractivity contribution in [1.29, 1.82) is 0 Å². The van der Waals surface area contributed by atoms with E-state index in [1.165, 1.54) is 21.0 Å². The van der Waals surface area contributed by atoms with E-state index >= 15 is 0 Å². The van der Waals surface area contributed by atoms with Gasteiger partial charge in [0.05, 0.1) is 30.7 Å². The molecular weight excluding hydrogens is 362 g/mol. The number of hydrogen-bond acceptors (Lipinski definition) is 5. The minimum atomic E-state index is -3.24. The predicted molar refractivity (Wildman–Crippen MR) is 106 cm³/mol. The van der Waals surface area contributed by atoms with Crippen molar-refractivity contribution in [1.82, 2.24) is 24.2 Å².